The van der Waals surface area contributed by atoms with Crippen molar-refractivity contribution in [2.24, 2.45) is 0 Å². The van der Waals surface area contributed by atoms with Gasteiger partial charge in [0.1, 0.15) is 0 Å². The Morgan fingerprint density at radius 3 is 2.33 bits per heavy atom. The van der Waals surface area contributed by atoms with E-state index in [-0.39, 0.29) is 10.6 Å². The minimum atomic E-state index is -1.09. The minimum Gasteiger partial charge on any atom is -0.289 e. The van der Waals surface area contributed by atoms with Crippen LogP contribution in [0.25, 0.3) is 0 Å². The van der Waals surface area contributed by atoms with Crippen LogP contribution in [0.3, 0.4) is 0 Å². The highest BCUT2D eigenvalue weighted by Crippen LogP contribution is 2.24. The Bertz CT molecular complexity index is 628. The van der Waals surface area contributed by atoms with Crippen molar-refractivity contribution >= 4 is 40.0 Å². The van der Waals surface area contributed by atoms with Gasteiger partial charge in [0.2, 0.25) is 0 Å². The second-order valence-electron chi connectivity index (χ2n) is 3.56. The summed E-state index contributed by atoms with van der Waals surface area (Å²) in [6.45, 7) is 0. The van der Waals surface area contributed by atoms with Gasteiger partial charge in [0.25, 0.3) is 0 Å². The standard InChI is InChI=1S/C13H6ClF2IO/c14-9-6-11(16)10(15)5-8(9)13(18)7-3-1-2-4-12(7)17/h1-6H. The summed E-state index contributed by atoms with van der Waals surface area (Å²) in [6.07, 6.45) is 0. The fraction of sp³-hybridized carbons (Fsp3) is 0. The second-order valence-corrected chi connectivity index (χ2v) is 5.12. The molecule has 0 bridgehead atoms. The number of hydrogen-bond acceptors (Lipinski definition) is 1. The number of hydrogen-bond donors (Lipinski definition) is 0. The zero-order valence-corrected chi connectivity index (χ0v) is 11.8. The lowest BCUT2D eigenvalue weighted by atomic mass is 10.0. The van der Waals surface area contributed by atoms with Crippen molar-refractivity contribution in [2.75, 3.05) is 0 Å². The van der Waals surface area contributed by atoms with Crippen LogP contribution < -0.4 is 0 Å². The minimum absolute atomic E-state index is 0.0420. The molecule has 0 heterocycles. The lowest BCUT2D eigenvalue weighted by Gasteiger charge is -2.06. The van der Waals surface area contributed by atoms with Crippen LogP contribution in [0.2, 0.25) is 5.02 Å². The maximum atomic E-state index is 13.1. The normalized spacial score (nSPS) is 10.4. The number of benzene rings is 2. The van der Waals surface area contributed by atoms with Crippen molar-refractivity contribution in [1.29, 1.82) is 0 Å². The van der Waals surface area contributed by atoms with E-state index in [0.29, 0.717) is 5.56 Å². The molecule has 2 rings (SSSR count). The maximum absolute atomic E-state index is 13.1. The van der Waals surface area contributed by atoms with E-state index in [1.54, 1.807) is 24.3 Å². The summed E-state index contributed by atoms with van der Waals surface area (Å²) in [5.74, 6) is -2.59. The van der Waals surface area contributed by atoms with Gasteiger partial charge in [-0.2, -0.15) is 0 Å². The monoisotopic (exact) mass is 378 g/mol. The van der Waals surface area contributed by atoms with E-state index in [2.05, 4.69) is 0 Å². The van der Waals surface area contributed by atoms with Crippen LogP contribution in [-0.2, 0) is 0 Å². The SMILES string of the molecule is O=C(c1cc(F)c(F)cc1Cl)c1ccccc1I. The number of carbonyl (C=O) groups excluding carboxylic acids is 1. The third-order valence-corrected chi connectivity index (χ3v) is 3.63. The third-order valence-electron chi connectivity index (χ3n) is 2.37. The summed E-state index contributed by atoms with van der Waals surface area (Å²) >= 11 is 7.77. The van der Waals surface area contributed by atoms with Crippen molar-refractivity contribution in [3.8, 4) is 0 Å². The molecule has 1 nitrogen and oxygen atoms in total. The van der Waals surface area contributed by atoms with E-state index in [9.17, 15) is 13.6 Å². The van der Waals surface area contributed by atoms with Gasteiger partial charge in [-0.1, -0.05) is 23.7 Å². The molecule has 0 atom stereocenters. The number of rotatable bonds is 2. The highest BCUT2D eigenvalue weighted by molar-refractivity contribution is 14.1. The lowest BCUT2D eigenvalue weighted by Crippen LogP contribution is -2.05. The van der Waals surface area contributed by atoms with Crippen LogP contribution in [0.5, 0.6) is 0 Å². The molecule has 0 aromatic heterocycles. The van der Waals surface area contributed by atoms with Crippen LogP contribution >= 0.6 is 34.2 Å². The van der Waals surface area contributed by atoms with Gasteiger partial charge >= 0.3 is 0 Å². The first kappa shape index (κ1) is 13.4. The van der Waals surface area contributed by atoms with Crippen molar-refractivity contribution in [3.63, 3.8) is 0 Å². The molecule has 0 aliphatic rings. The van der Waals surface area contributed by atoms with Crippen LogP contribution in [-0.4, -0.2) is 5.78 Å². The molecule has 0 amide bonds. The van der Waals surface area contributed by atoms with Gasteiger partial charge in [-0.3, -0.25) is 4.79 Å². The number of halogens is 4. The zero-order chi connectivity index (χ0) is 13.3. The fourth-order valence-corrected chi connectivity index (χ4v) is 2.36. The fourth-order valence-electron chi connectivity index (χ4n) is 1.49. The first-order valence-corrected chi connectivity index (χ1v) is 6.40. The lowest BCUT2D eigenvalue weighted by molar-refractivity contribution is 0.103. The summed E-state index contributed by atoms with van der Waals surface area (Å²) in [4.78, 5) is 12.2. The molecule has 2 aromatic carbocycles. The number of carbonyl (C=O) groups is 1. The first-order valence-electron chi connectivity index (χ1n) is 4.94. The molecule has 0 spiro atoms. The Kier molecular flexibility index (Phi) is 3.97. The molecule has 2 aromatic rings. The van der Waals surface area contributed by atoms with Crippen LogP contribution in [0.1, 0.15) is 15.9 Å². The predicted molar refractivity (Wildman–Crippen MR) is 74.0 cm³/mol. The topological polar surface area (TPSA) is 17.1 Å². The molecule has 0 fully saturated rings. The molecule has 0 saturated carbocycles. The third kappa shape index (κ3) is 2.54. The van der Waals surface area contributed by atoms with E-state index in [1.165, 1.54) is 0 Å². The molecule has 0 aliphatic heterocycles. The van der Waals surface area contributed by atoms with Gasteiger partial charge < -0.3 is 0 Å². The van der Waals surface area contributed by atoms with E-state index >= 15 is 0 Å². The van der Waals surface area contributed by atoms with Gasteiger partial charge in [-0.05, 0) is 46.9 Å². The van der Waals surface area contributed by atoms with Crippen LogP contribution in [0, 0.1) is 15.2 Å². The molecule has 0 N–H and O–H groups in total. The summed E-state index contributed by atoms with van der Waals surface area (Å²) < 4.78 is 26.8. The summed E-state index contributed by atoms with van der Waals surface area (Å²) in [5.41, 5.74) is 0.366. The molecular formula is C13H6ClF2IO. The first-order chi connectivity index (χ1) is 8.50. The molecular weight excluding hydrogens is 372 g/mol. The smallest absolute Gasteiger partial charge is 0.195 e. The molecule has 0 aliphatic carbocycles. The molecule has 5 heteroatoms. The maximum Gasteiger partial charge on any atom is 0.195 e. The quantitative estimate of drug-likeness (QED) is 0.429. The van der Waals surface area contributed by atoms with Crippen molar-refractivity contribution in [2.45, 2.75) is 0 Å². The van der Waals surface area contributed by atoms with Crippen molar-refractivity contribution in [1.82, 2.24) is 0 Å². The number of ketones is 1. The van der Waals surface area contributed by atoms with Gasteiger partial charge in [-0.25, -0.2) is 8.78 Å². The Morgan fingerprint density at radius 2 is 1.67 bits per heavy atom. The average molecular weight is 379 g/mol. The molecule has 0 saturated heterocycles. The zero-order valence-electron chi connectivity index (χ0n) is 8.88. The van der Waals surface area contributed by atoms with Crippen molar-refractivity contribution in [3.05, 3.63) is 67.8 Å². The van der Waals surface area contributed by atoms with E-state index < -0.39 is 17.4 Å². The Balaban J connectivity index is 2.53. The highest BCUT2D eigenvalue weighted by atomic mass is 127. The molecule has 0 radical (unpaired) electrons. The van der Waals surface area contributed by atoms with Gasteiger partial charge in [-0.15, -0.1) is 0 Å². The average Bonchev–Trinajstić information content (AvgIpc) is 2.33. The van der Waals surface area contributed by atoms with Gasteiger partial charge in [0.05, 0.1) is 5.02 Å². The summed E-state index contributed by atoms with van der Waals surface area (Å²) in [6, 6.07) is 8.47. The Labute approximate surface area is 121 Å². The van der Waals surface area contributed by atoms with E-state index in [0.717, 1.165) is 15.7 Å². The molecule has 0 unspecified atom stereocenters. The van der Waals surface area contributed by atoms with E-state index in [1.807, 2.05) is 22.6 Å². The molecule has 92 valence electrons. The summed E-state index contributed by atoms with van der Waals surface area (Å²) in [5, 5.41) is -0.0986. The van der Waals surface area contributed by atoms with Crippen LogP contribution in [0.4, 0.5) is 8.78 Å². The van der Waals surface area contributed by atoms with Gasteiger partial charge in [0, 0.05) is 14.7 Å². The van der Waals surface area contributed by atoms with Crippen LogP contribution in [0.15, 0.2) is 36.4 Å². The Morgan fingerprint density at radius 1 is 1.06 bits per heavy atom. The second kappa shape index (κ2) is 5.32. The summed E-state index contributed by atoms with van der Waals surface area (Å²) in [7, 11) is 0. The largest absolute Gasteiger partial charge is 0.289 e. The predicted octanol–water partition coefficient (Wildman–Crippen LogP) is 4.45. The molecule has 18 heavy (non-hydrogen) atoms. The Hall–Kier alpha value is -1.01. The highest BCUT2D eigenvalue weighted by Gasteiger charge is 2.18. The van der Waals surface area contributed by atoms with E-state index in [4.69, 9.17) is 11.6 Å². The van der Waals surface area contributed by atoms with Crippen molar-refractivity contribution < 1.29 is 13.6 Å². The van der Waals surface area contributed by atoms with Gasteiger partial charge in [0.15, 0.2) is 17.4 Å².